The van der Waals surface area contributed by atoms with Crippen molar-refractivity contribution in [3.8, 4) is 0 Å². The van der Waals surface area contributed by atoms with Gasteiger partial charge in [-0.15, -0.1) is 0 Å². The van der Waals surface area contributed by atoms with Crippen LogP contribution in [0.15, 0.2) is 12.3 Å². The van der Waals surface area contributed by atoms with E-state index in [4.69, 9.17) is 4.74 Å². The van der Waals surface area contributed by atoms with Crippen LogP contribution in [0.2, 0.25) is 0 Å². The Morgan fingerprint density at radius 2 is 2.20 bits per heavy atom. The number of aryl methyl sites for hydroxylation is 1. The van der Waals surface area contributed by atoms with Crippen molar-refractivity contribution in [2.24, 2.45) is 7.05 Å². The monoisotopic (exact) mass is 282 g/mol. The van der Waals surface area contributed by atoms with Gasteiger partial charge in [0, 0.05) is 32.4 Å². The minimum absolute atomic E-state index is 0.206. The van der Waals surface area contributed by atoms with Gasteiger partial charge in [0.05, 0.1) is 5.69 Å². The van der Waals surface area contributed by atoms with Gasteiger partial charge in [-0.05, 0) is 33.3 Å². The Hall–Kier alpha value is -1.56. The second-order valence-electron chi connectivity index (χ2n) is 5.82. The van der Waals surface area contributed by atoms with E-state index in [1.54, 1.807) is 6.20 Å². The maximum atomic E-state index is 11.6. The highest BCUT2D eigenvalue weighted by Crippen LogP contribution is 2.06. The van der Waals surface area contributed by atoms with E-state index < -0.39 is 5.60 Å². The Morgan fingerprint density at radius 3 is 2.70 bits per heavy atom. The second-order valence-corrected chi connectivity index (χ2v) is 5.82. The predicted octanol–water partition coefficient (Wildman–Crippen LogP) is 1.81. The third kappa shape index (κ3) is 6.06. The predicted molar refractivity (Wildman–Crippen MR) is 78.4 cm³/mol. The lowest BCUT2D eigenvalue weighted by Crippen LogP contribution is -2.42. The number of aromatic nitrogens is 2. The van der Waals surface area contributed by atoms with Crippen LogP contribution < -0.4 is 10.6 Å². The maximum absolute atomic E-state index is 11.6. The van der Waals surface area contributed by atoms with Crippen LogP contribution in [0.25, 0.3) is 0 Å². The smallest absolute Gasteiger partial charge is 0.407 e. The van der Waals surface area contributed by atoms with E-state index in [9.17, 15) is 4.79 Å². The fraction of sp³-hybridized carbons (Fsp3) is 0.714. The zero-order valence-corrected chi connectivity index (χ0v) is 13.1. The summed E-state index contributed by atoms with van der Waals surface area (Å²) in [5, 5.41) is 10.3. The number of carbonyl (C=O) groups is 1. The van der Waals surface area contributed by atoms with Gasteiger partial charge in [0.25, 0.3) is 0 Å². The van der Waals surface area contributed by atoms with Gasteiger partial charge >= 0.3 is 6.09 Å². The normalized spacial score (nSPS) is 13.1. The van der Waals surface area contributed by atoms with Gasteiger partial charge in [0.1, 0.15) is 5.60 Å². The molecule has 1 aromatic rings. The Balaban J connectivity index is 2.33. The fourth-order valence-electron chi connectivity index (χ4n) is 1.71. The largest absolute Gasteiger partial charge is 0.444 e. The molecule has 20 heavy (non-hydrogen) atoms. The van der Waals surface area contributed by atoms with Crippen LogP contribution in [-0.2, 0) is 18.3 Å². The summed E-state index contributed by atoms with van der Waals surface area (Å²) in [5.74, 6) is 0. The molecule has 114 valence electrons. The molecule has 1 aromatic heterocycles. The first-order chi connectivity index (χ1) is 9.31. The molecule has 6 heteroatoms. The van der Waals surface area contributed by atoms with Crippen molar-refractivity contribution in [1.82, 2.24) is 20.4 Å². The van der Waals surface area contributed by atoms with Crippen LogP contribution in [0.5, 0.6) is 0 Å². The summed E-state index contributed by atoms with van der Waals surface area (Å²) in [4.78, 5) is 11.6. The van der Waals surface area contributed by atoms with E-state index in [1.165, 1.54) is 0 Å². The molecule has 0 saturated heterocycles. The summed E-state index contributed by atoms with van der Waals surface area (Å²) >= 11 is 0. The van der Waals surface area contributed by atoms with Crippen molar-refractivity contribution in [2.75, 3.05) is 6.54 Å². The van der Waals surface area contributed by atoms with Gasteiger partial charge in [0.2, 0.25) is 0 Å². The van der Waals surface area contributed by atoms with E-state index in [-0.39, 0.29) is 12.1 Å². The number of nitrogens with one attached hydrogen (secondary N) is 2. The van der Waals surface area contributed by atoms with Crippen LogP contribution in [0.1, 0.15) is 39.8 Å². The number of hydrogen-bond acceptors (Lipinski definition) is 4. The molecule has 1 unspecified atom stereocenters. The number of alkyl carbamates (subject to hydrolysis) is 1. The van der Waals surface area contributed by atoms with E-state index in [2.05, 4.69) is 22.7 Å². The maximum Gasteiger partial charge on any atom is 0.407 e. The molecule has 0 saturated carbocycles. The summed E-state index contributed by atoms with van der Waals surface area (Å²) in [7, 11) is 1.91. The van der Waals surface area contributed by atoms with Gasteiger partial charge < -0.3 is 15.4 Å². The first-order valence-corrected chi connectivity index (χ1v) is 6.99. The number of hydrogen-bond donors (Lipinski definition) is 2. The molecule has 0 fully saturated rings. The minimum Gasteiger partial charge on any atom is -0.444 e. The molecule has 1 amide bonds. The molecule has 0 aliphatic heterocycles. The van der Waals surface area contributed by atoms with Crippen LogP contribution in [0.3, 0.4) is 0 Å². The van der Waals surface area contributed by atoms with Gasteiger partial charge in [-0.3, -0.25) is 4.68 Å². The van der Waals surface area contributed by atoms with Crippen LogP contribution in [0.4, 0.5) is 4.79 Å². The van der Waals surface area contributed by atoms with Crippen LogP contribution in [-0.4, -0.2) is 34.1 Å². The fourth-order valence-corrected chi connectivity index (χ4v) is 1.71. The van der Waals surface area contributed by atoms with Crippen molar-refractivity contribution in [2.45, 2.75) is 52.3 Å². The first-order valence-electron chi connectivity index (χ1n) is 6.99. The molecule has 0 aliphatic carbocycles. The molecule has 1 atom stereocenters. The molecule has 0 bridgehead atoms. The van der Waals surface area contributed by atoms with Crippen molar-refractivity contribution in [3.63, 3.8) is 0 Å². The van der Waals surface area contributed by atoms with Crippen molar-refractivity contribution >= 4 is 6.09 Å². The highest BCUT2D eigenvalue weighted by molar-refractivity contribution is 5.67. The average molecular weight is 282 g/mol. The molecule has 1 rings (SSSR count). The number of nitrogens with zero attached hydrogens (tertiary/aromatic N) is 2. The molecule has 0 aliphatic rings. The average Bonchev–Trinajstić information content (AvgIpc) is 2.73. The standard InChI is InChI=1S/C14H26N4O2/c1-6-11(9-16-13(19)20-14(2,3)4)15-10-12-7-8-17-18(12)5/h7-8,11,15H,6,9-10H2,1-5H3,(H,16,19). The van der Waals surface area contributed by atoms with Gasteiger partial charge in [-0.1, -0.05) is 6.92 Å². The molecule has 0 radical (unpaired) electrons. The summed E-state index contributed by atoms with van der Waals surface area (Å²) in [5.41, 5.74) is 0.647. The van der Waals surface area contributed by atoms with Crippen molar-refractivity contribution in [1.29, 1.82) is 0 Å². The van der Waals surface area contributed by atoms with Crippen molar-refractivity contribution in [3.05, 3.63) is 18.0 Å². The SMILES string of the molecule is CCC(CNC(=O)OC(C)(C)C)NCc1ccnn1C. The number of carbonyl (C=O) groups excluding carboxylic acids is 1. The molecular weight excluding hydrogens is 256 g/mol. The third-order valence-corrected chi connectivity index (χ3v) is 2.88. The summed E-state index contributed by atoms with van der Waals surface area (Å²) in [6.07, 6.45) is 2.32. The second kappa shape index (κ2) is 7.28. The lowest BCUT2D eigenvalue weighted by Gasteiger charge is -2.22. The molecule has 0 spiro atoms. The van der Waals surface area contributed by atoms with Crippen LogP contribution >= 0.6 is 0 Å². The third-order valence-electron chi connectivity index (χ3n) is 2.88. The number of rotatable bonds is 6. The molecule has 2 N–H and O–H groups in total. The zero-order valence-electron chi connectivity index (χ0n) is 13.1. The van der Waals surface area contributed by atoms with Gasteiger partial charge in [-0.25, -0.2) is 4.79 Å². The lowest BCUT2D eigenvalue weighted by atomic mass is 10.2. The van der Waals surface area contributed by atoms with E-state index in [0.717, 1.165) is 18.7 Å². The highest BCUT2D eigenvalue weighted by Gasteiger charge is 2.17. The highest BCUT2D eigenvalue weighted by atomic mass is 16.6. The molecule has 1 heterocycles. The first kappa shape index (κ1) is 16.5. The number of amides is 1. The number of ether oxygens (including phenoxy) is 1. The lowest BCUT2D eigenvalue weighted by molar-refractivity contribution is 0.0522. The molecule has 6 nitrogen and oxygen atoms in total. The van der Waals surface area contributed by atoms with E-state index in [1.807, 2.05) is 38.6 Å². The Morgan fingerprint density at radius 1 is 1.50 bits per heavy atom. The van der Waals surface area contributed by atoms with E-state index in [0.29, 0.717) is 6.54 Å². The Kier molecular flexibility index (Phi) is 6.01. The minimum atomic E-state index is -0.464. The topological polar surface area (TPSA) is 68.2 Å². The summed E-state index contributed by atoms with van der Waals surface area (Å²) < 4.78 is 7.04. The zero-order chi connectivity index (χ0) is 15.2. The van der Waals surface area contributed by atoms with Crippen LogP contribution in [0, 0.1) is 0 Å². The molecule has 0 aromatic carbocycles. The Bertz CT molecular complexity index is 423. The quantitative estimate of drug-likeness (QED) is 0.835. The van der Waals surface area contributed by atoms with E-state index >= 15 is 0 Å². The summed E-state index contributed by atoms with van der Waals surface area (Å²) in [6, 6.07) is 2.18. The molecular formula is C14H26N4O2. The van der Waals surface area contributed by atoms with Gasteiger partial charge in [-0.2, -0.15) is 5.10 Å². The summed E-state index contributed by atoms with van der Waals surface area (Å²) in [6.45, 7) is 8.91. The van der Waals surface area contributed by atoms with Gasteiger partial charge in [0.15, 0.2) is 0 Å². The Labute approximate surface area is 120 Å². The van der Waals surface area contributed by atoms with Crippen molar-refractivity contribution < 1.29 is 9.53 Å².